The molecule has 1 N–H and O–H groups in total. The lowest BCUT2D eigenvalue weighted by Crippen LogP contribution is -2.42. The molecule has 0 bridgehead atoms. The molecule has 1 fully saturated rings. The van der Waals surface area contributed by atoms with E-state index in [2.05, 4.69) is 32.2 Å². The highest BCUT2D eigenvalue weighted by atomic mass is 16.5. The van der Waals surface area contributed by atoms with Gasteiger partial charge >= 0.3 is 0 Å². The quantitative estimate of drug-likeness (QED) is 0.882. The molecule has 1 aliphatic carbocycles. The van der Waals surface area contributed by atoms with Gasteiger partial charge in [0.15, 0.2) is 0 Å². The molecule has 0 atom stereocenters. The van der Waals surface area contributed by atoms with Gasteiger partial charge in [-0.15, -0.1) is 0 Å². The van der Waals surface area contributed by atoms with Gasteiger partial charge in [-0.3, -0.25) is 0 Å². The van der Waals surface area contributed by atoms with Crippen molar-refractivity contribution in [3.63, 3.8) is 0 Å². The predicted octanol–water partition coefficient (Wildman–Crippen LogP) is 4.61. The van der Waals surface area contributed by atoms with Gasteiger partial charge in [0.05, 0.1) is 18.9 Å². The molecule has 0 spiro atoms. The van der Waals surface area contributed by atoms with E-state index in [4.69, 9.17) is 4.74 Å². The highest BCUT2D eigenvalue weighted by Crippen LogP contribution is 2.43. The Morgan fingerprint density at radius 1 is 1.24 bits per heavy atom. The lowest BCUT2D eigenvalue weighted by atomic mass is 9.67. The molecule has 0 aromatic heterocycles. The number of ether oxygens (including phenoxy) is 1. The summed E-state index contributed by atoms with van der Waals surface area (Å²) in [4.78, 5) is 0. The maximum atomic E-state index is 9.70. The average Bonchev–Trinajstić information content (AvgIpc) is 2.47. The zero-order valence-electron chi connectivity index (χ0n) is 13.6. The Morgan fingerprint density at radius 2 is 1.86 bits per heavy atom. The molecule has 21 heavy (non-hydrogen) atoms. The summed E-state index contributed by atoms with van der Waals surface area (Å²) in [6.45, 7) is 6.89. The van der Waals surface area contributed by atoms with Gasteiger partial charge in [0, 0.05) is 0 Å². The van der Waals surface area contributed by atoms with E-state index in [-0.39, 0.29) is 0 Å². The van der Waals surface area contributed by atoms with Crippen LogP contribution in [0.5, 0.6) is 5.75 Å². The van der Waals surface area contributed by atoms with Crippen LogP contribution in [0.4, 0.5) is 5.69 Å². The second-order valence-corrected chi connectivity index (χ2v) is 7.16. The first-order valence-electron chi connectivity index (χ1n) is 7.73. The van der Waals surface area contributed by atoms with Crippen LogP contribution in [0, 0.1) is 22.7 Å². The largest absolute Gasteiger partial charge is 0.495 e. The maximum Gasteiger partial charge on any atom is 0.141 e. The van der Waals surface area contributed by atoms with Crippen LogP contribution >= 0.6 is 0 Å². The molecule has 0 unspecified atom stereocenters. The van der Waals surface area contributed by atoms with E-state index in [1.807, 2.05) is 24.3 Å². The van der Waals surface area contributed by atoms with Crippen molar-refractivity contribution in [3.8, 4) is 11.8 Å². The fourth-order valence-electron chi connectivity index (χ4n) is 3.25. The Morgan fingerprint density at radius 3 is 2.38 bits per heavy atom. The van der Waals surface area contributed by atoms with E-state index in [9.17, 15) is 5.26 Å². The van der Waals surface area contributed by atoms with Crippen LogP contribution < -0.4 is 10.1 Å². The Balaban J connectivity index is 2.13. The fraction of sp³-hybridized carbons (Fsp3) is 0.611. The molecule has 1 aromatic rings. The summed E-state index contributed by atoms with van der Waals surface area (Å²) in [5.41, 5.74) is 0.776. The highest BCUT2D eigenvalue weighted by Gasteiger charge is 2.39. The summed E-state index contributed by atoms with van der Waals surface area (Å²) in [5, 5.41) is 13.2. The third-order valence-electron chi connectivity index (χ3n) is 4.76. The molecule has 3 nitrogen and oxygen atoms in total. The maximum absolute atomic E-state index is 9.70. The number of anilines is 1. The van der Waals surface area contributed by atoms with Crippen molar-refractivity contribution in [2.24, 2.45) is 11.3 Å². The highest BCUT2D eigenvalue weighted by molar-refractivity contribution is 5.58. The van der Waals surface area contributed by atoms with E-state index in [0.29, 0.717) is 11.3 Å². The minimum Gasteiger partial charge on any atom is -0.495 e. The molecule has 1 aliphatic rings. The fourth-order valence-corrected chi connectivity index (χ4v) is 3.25. The normalized spacial score (nSPS) is 26.0. The molecule has 0 amide bonds. The van der Waals surface area contributed by atoms with Crippen LogP contribution in [0.15, 0.2) is 24.3 Å². The van der Waals surface area contributed by atoms with Crippen molar-refractivity contribution in [3.05, 3.63) is 24.3 Å². The van der Waals surface area contributed by atoms with E-state index in [1.54, 1.807) is 7.11 Å². The Labute approximate surface area is 128 Å². The van der Waals surface area contributed by atoms with Crippen molar-refractivity contribution in [2.45, 2.75) is 52.0 Å². The van der Waals surface area contributed by atoms with Crippen LogP contribution in [0.25, 0.3) is 0 Å². The summed E-state index contributed by atoms with van der Waals surface area (Å²) in [6.07, 6.45) is 3.98. The minimum atomic E-state index is -0.462. The number of nitrogens with one attached hydrogen (secondary N) is 1. The van der Waals surface area contributed by atoms with Gasteiger partial charge in [0.25, 0.3) is 0 Å². The first-order chi connectivity index (χ1) is 9.90. The van der Waals surface area contributed by atoms with E-state index in [1.165, 1.54) is 0 Å². The van der Waals surface area contributed by atoms with Gasteiger partial charge in [-0.05, 0) is 49.1 Å². The number of nitrogens with zero attached hydrogens (tertiary/aromatic N) is 1. The second kappa shape index (κ2) is 5.97. The van der Waals surface area contributed by atoms with Gasteiger partial charge in [-0.2, -0.15) is 5.26 Å². The van der Waals surface area contributed by atoms with Crippen LogP contribution in [-0.2, 0) is 0 Å². The Bertz CT molecular complexity index is 517. The number of nitriles is 1. The lowest BCUT2D eigenvalue weighted by molar-refractivity contribution is 0.159. The topological polar surface area (TPSA) is 45.0 Å². The van der Waals surface area contributed by atoms with Crippen LogP contribution in [0.2, 0.25) is 0 Å². The standard InChI is InChI=1S/C18H26N2O/c1-17(2,3)14-9-11-18(13-19,12-10-14)20-15-7-5-6-8-16(15)21-4/h5-8,14,20H,9-12H2,1-4H3. The zero-order chi connectivity index (χ0) is 15.5. The van der Waals surface area contributed by atoms with Crippen molar-refractivity contribution in [1.82, 2.24) is 0 Å². The average molecular weight is 286 g/mol. The van der Waals surface area contributed by atoms with E-state index in [0.717, 1.165) is 37.1 Å². The Hall–Kier alpha value is -1.69. The molecule has 0 radical (unpaired) electrons. The van der Waals surface area contributed by atoms with Gasteiger partial charge in [-0.1, -0.05) is 32.9 Å². The summed E-state index contributed by atoms with van der Waals surface area (Å²) >= 11 is 0. The van der Waals surface area contributed by atoms with Crippen molar-refractivity contribution in [2.75, 3.05) is 12.4 Å². The lowest BCUT2D eigenvalue weighted by Gasteiger charge is -2.41. The van der Waals surface area contributed by atoms with E-state index < -0.39 is 5.54 Å². The smallest absolute Gasteiger partial charge is 0.141 e. The minimum absolute atomic E-state index is 0.325. The van der Waals surface area contributed by atoms with Crippen molar-refractivity contribution in [1.29, 1.82) is 5.26 Å². The molecule has 1 aromatic carbocycles. The number of hydrogen-bond donors (Lipinski definition) is 1. The first-order valence-corrected chi connectivity index (χ1v) is 7.73. The molecule has 0 aliphatic heterocycles. The predicted molar refractivity (Wildman–Crippen MR) is 86.4 cm³/mol. The third-order valence-corrected chi connectivity index (χ3v) is 4.76. The molecule has 2 rings (SSSR count). The van der Waals surface area contributed by atoms with Gasteiger partial charge in [0.1, 0.15) is 11.3 Å². The van der Waals surface area contributed by atoms with Crippen molar-refractivity contribution < 1.29 is 4.74 Å². The first kappa shape index (κ1) is 15.7. The molecule has 3 heteroatoms. The molecule has 114 valence electrons. The SMILES string of the molecule is COc1ccccc1NC1(C#N)CCC(C(C)(C)C)CC1. The van der Waals surface area contributed by atoms with Crippen LogP contribution in [-0.4, -0.2) is 12.6 Å². The van der Waals surface area contributed by atoms with E-state index >= 15 is 0 Å². The summed E-state index contributed by atoms with van der Waals surface area (Å²) in [7, 11) is 1.66. The van der Waals surface area contributed by atoms with Gasteiger partial charge in [-0.25, -0.2) is 0 Å². The molecule has 0 saturated heterocycles. The second-order valence-electron chi connectivity index (χ2n) is 7.16. The summed E-state index contributed by atoms with van der Waals surface area (Å²) in [6, 6.07) is 10.3. The number of methoxy groups -OCH3 is 1. The van der Waals surface area contributed by atoms with Gasteiger partial charge < -0.3 is 10.1 Å². The van der Waals surface area contributed by atoms with Crippen molar-refractivity contribution >= 4 is 5.69 Å². The molecular formula is C18H26N2O. The zero-order valence-corrected chi connectivity index (χ0v) is 13.6. The Kier molecular flexibility index (Phi) is 4.46. The number of para-hydroxylation sites is 2. The molecule has 0 heterocycles. The monoisotopic (exact) mass is 286 g/mol. The molecule has 1 saturated carbocycles. The molecular weight excluding hydrogens is 260 g/mol. The summed E-state index contributed by atoms with van der Waals surface area (Å²) in [5.74, 6) is 1.49. The number of benzene rings is 1. The van der Waals surface area contributed by atoms with Crippen LogP contribution in [0.3, 0.4) is 0 Å². The summed E-state index contributed by atoms with van der Waals surface area (Å²) < 4.78 is 5.38. The van der Waals surface area contributed by atoms with Gasteiger partial charge in [0.2, 0.25) is 0 Å². The third kappa shape index (κ3) is 3.50. The number of rotatable bonds is 3. The number of hydrogen-bond acceptors (Lipinski definition) is 3. The van der Waals surface area contributed by atoms with Crippen LogP contribution in [0.1, 0.15) is 46.5 Å².